The molecule has 5 N–H and O–H groups in total. The van der Waals surface area contributed by atoms with Crippen LogP contribution in [-0.4, -0.2) is 108 Å². The second-order valence-electron chi connectivity index (χ2n) is 6.89. The minimum Gasteiger partial charge on any atom is -0.377 e. The molecular weight excluding hydrogens is 440 g/mol. The van der Waals surface area contributed by atoms with E-state index in [0.29, 0.717) is 65.1 Å². The molecule has 0 aromatic rings. The molecule has 1 atom stereocenters. The molecule has 0 saturated heterocycles. The van der Waals surface area contributed by atoms with Crippen molar-refractivity contribution >= 4 is 24.0 Å². The maximum absolute atomic E-state index is 11.6. The molecule has 0 fully saturated rings. The number of ether oxygens (including phenoxy) is 4. The van der Waals surface area contributed by atoms with E-state index >= 15 is 0 Å². The minimum atomic E-state index is -0.569. The summed E-state index contributed by atoms with van der Waals surface area (Å²) in [5.74, 6) is -0.639. The van der Waals surface area contributed by atoms with Crippen molar-refractivity contribution < 1.29 is 43.3 Å². The number of carbonyl (C=O) groups is 4. The number of carbonyl (C=O) groups excluding carboxylic acids is 4. The Bertz CT molecular complexity index is 538. The van der Waals surface area contributed by atoms with Crippen LogP contribution in [0.4, 0.5) is 0 Å². The highest BCUT2D eigenvalue weighted by atomic mass is 16.5. The van der Waals surface area contributed by atoms with E-state index in [4.69, 9.17) is 24.2 Å². The quantitative estimate of drug-likeness (QED) is 0.0601. The van der Waals surface area contributed by atoms with Crippen LogP contribution in [0.1, 0.15) is 26.2 Å². The van der Waals surface area contributed by atoms with E-state index < -0.39 is 6.04 Å². The Kier molecular flexibility index (Phi) is 21.5. The Labute approximate surface area is 194 Å². The van der Waals surface area contributed by atoms with Crippen LogP contribution >= 0.6 is 0 Å². The molecule has 0 aliphatic rings. The molecule has 0 aromatic heterocycles. The number of Topliss-reactive ketones (excluding diaryl/α,β-unsaturated/α-hetero) is 1. The highest BCUT2D eigenvalue weighted by Crippen LogP contribution is 2.01. The van der Waals surface area contributed by atoms with Gasteiger partial charge in [0.2, 0.25) is 18.2 Å². The van der Waals surface area contributed by atoms with Gasteiger partial charge in [0.15, 0.2) is 0 Å². The fraction of sp³-hybridized carbons (Fsp3) is 0.800. The molecule has 0 radical (unpaired) electrons. The first-order valence-electron chi connectivity index (χ1n) is 10.9. The lowest BCUT2D eigenvalue weighted by Gasteiger charge is -2.11. The van der Waals surface area contributed by atoms with Crippen LogP contribution in [0.15, 0.2) is 0 Å². The van der Waals surface area contributed by atoms with Crippen molar-refractivity contribution in [2.75, 3.05) is 72.5 Å². The predicted molar refractivity (Wildman–Crippen MR) is 117 cm³/mol. The van der Waals surface area contributed by atoms with Gasteiger partial charge in [-0.05, 0) is 26.2 Å². The molecule has 0 aromatic carbocycles. The number of hydrogen-bond acceptors (Lipinski definition) is 10. The van der Waals surface area contributed by atoms with Gasteiger partial charge in [-0.15, -0.1) is 0 Å². The summed E-state index contributed by atoms with van der Waals surface area (Å²) in [4.78, 5) is 44.3. The molecule has 0 rings (SSSR count). The summed E-state index contributed by atoms with van der Waals surface area (Å²) < 4.78 is 20.8. The minimum absolute atomic E-state index is 0.0796. The van der Waals surface area contributed by atoms with E-state index in [1.165, 1.54) is 6.92 Å². The first-order valence-corrected chi connectivity index (χ1v) is 10.9. The third kappa shape index (κ3) is 21.4. The van der Waals surface area contributed by atoms with Gasteiger partial charge in [-0.25, -0.2) is 0 Å². The van der Waals surface area contributed by atoms with E-state index in [1.54, 1.807) is 0 Å². The average molecular weight is 479 g/mol. The van der Waals surface area contributed by atoms with Gasteiger partial charge in [-0.2, -0.15) is 5.48 Å². The van der Waals surface area contributed by atoms with E-state index in [0.717, 1.165) is 0 Å². The second kappa shape index (κ2) is 23.0. The Balaban J connectivity index is 3.37. The van der Waals surface area contributed by atoms with E-state index in [2.05, 4.69) is 16.0 Å². The highest BCUT2D eigenvalue weighted by molar-refractivity contribution is 5.81. The third-order valence-corrected chi connectivity index (χ3v) is 4.14. The van der Waals surface area contributed by atoms with Crippen LogP contribution < -0.4 is 21.4 Å². The molecule has 13 heteroatoms. The van der Waals surface area contributed by atoms with Gasteiger partial charge in [0.1, 0.15) is 19.0 Å². The fourth-order valence-electron chi connectivity index (χ4n) is 2.38. The standard InChI is InChI=1S/C20H38N4O9/c1-17(26)18(24-29)4-2-3-5-22-19(27)14-32-13-11-31-9-7-23-20(28)15-33-12-10-30-8-6-21-16-25/h16,18,24,29H,2-15H2,1H3,(H,21,25)(H,22,27)(H,23,28)/t18-/m0/s1. The van der Waals surface area contributed by atoms with Crippen LogP contribution in [-0.2, 0) is 38.1 Å². The first kappa shape index (κ1) is 30.8. The summed E-state index contributed by atoms with van der Waals surface area (Å²) in [6.45, 7) is 4.29. The number of hydrogen-bond donors (Lipinski definition) is 5. The lowest BCUT2D eigenvalue weighted by molar-refractivity contribution is -0.127. The summed E-state index contributed by atoms with van der Waals surface area (Å²) in [5, 5.41) is 16.6. The molecular formula is C20H38N4O9. The van der Waals surface area contributed by atoms with Gasteiger partial charge < -0.3 is 40.1 Å². The third-order valence-electron chi connectivity index (χ3n) is 4.14. The van der Waals surface area contributed by atoms with Crippen molar-refractivity contribution in [3.8, 4) is 0 Å². The zero-order chi connectivity index (χ0) is 24.6. The topological polar surface area (TPSA) is 174 Å². The van der Waals surface area contributed by atoms with E-state index in [9.17, 15) is 19.2 Å². The highest BCUT2D eigenvalue weighted by Gasteiger charge is 2.11. The Morgan fingerprint density at radius 1 is 0.788 bits per heavy atom. The van der Waals surface area contributed by atoms with Crippen LogP contribution in [0.5, 0.6) is 0 Å². The summed E-state index contributed by atoms with van der Waals surface area (Å²) >= 11 is 0. The molecule has 0 spiro atoms. The van der Waals surface area contributed by atoms with Crippen molar-refractivity contribution in [2.45, 2.75) is 32.2 Å². The maximum atomic E-state index is 11.6. The van der Waals surface area contributed by atoms with Gasteiger partial charge in [0.05, 0.1) is 45.7 Å². The van der Waals surface area contributed by atoms with Gasteiger partial charge >= 0.3 is 0 Å². The summed E-state index contributed by atoms with van der Waals surface area (Å²) in [6.07, 6.45) is 2.47. The molecule has 0 unspecified atom stereocenters. The zero-order valence-corrected chi connectivity index (χ0v) is 19.3. The zero-order valence-electron chi connectivity index (χ0n) is 19.3. The molecule has 0 aliphatic heterocycles. The largest absolute Gasteiger partial charge is 0.377 e. The number of unbranched alkanes of at least 4 members (excludes halogenated alkanes) is 1. The van der Waals surface area contributed by atoms with Crippen LogP contribution in [0.3, 0.4) is 0 Å². The molecule has 0 bridgehead atoms. The SMILES string of the molecule is CC(=O)[C@H](CCCCNC(=O)COCCOCCNC(=O)COCCOCCNC=O)NO. The monoisotopic (exact) mass is 478 g/mol. The first-order chi connectivity index (χ1) is 16.0. The van der Waals surface area contributed by atoms with Gasteiger partial charge in [0.25, 0.3) is 0 Å². The molecule has 0 heterocycles. The van der Waals surface area contributed by atoms with Gasteiger partial charge in [-0.1, -0.05) is 0 Å². The molecule has 0 aliphatic carbocycles. The van der Waals surface area contributed by atoms with Crippen molar-refractivity contribution in [1.29, 1.82) is 0 Å². The predicted octanol–water partition coefficient (Wildman–Crippen LogP) is -1.86. The Hall–Kier alpha value is -2.16. The number of hydroxylamine groups is 1. The fourth-order valence-corrected chi connectivity index (χ4v) is 2.38. The molecule has 192 valence electrons. The average Bonchev–Trinajstić information content (AvgIpc) is 2.79. The second-order valence-corrected chi connectivity index (χ2v) is 6.89. The number of amides is 3. The van der Waals surface area contributed by atoms with Gasteiger partial charge in [0, 0.05) is 19.6 Å². The molecule has 33 heavy (non-hydrogen) atoms. The maximum Gasteiger partial charge on any atom is 0.246 e. The van der Waals surface area contributed by atoms with Crippen LogP contribution in [0.2, 0.25) is 0 Å². The number of ketones is 1. The molecule has 3 amide bonds. The number of rotatable bonds is 24. The summed E-state index contributed by atoms with van der Waals surface area (Å²) in [7, 11) is 0. The normalized spacial score (nSPS) is 11.6. The smallest absolute Gasteiger partial charge is 0.246 e. The van der Waals surface area contributed by atoms with E-state index in [-0.39, 0.29) is 50.6 Å². The van der Waals surface area contributed by atoms with E-state index in [1.807, 2.05) is 5.48 Å². The van der Waals surface area contributed by atoms with Crippen LogP contribution in [0.25, 0.3) is 0 Å². The lowest BCUT2D eigenvalue weighted by Crippen LogP contribution is -2.33. The molecule has 13 nitrogen and oxygen atoms in total. The summed E-state index contributed by atoms with van der Waals surface area (Å²) in [5.41, 5.74) is 1.97. The molecule has 0 saturated carbocycles. The van der Waals surface area contributed by atoms with Crippen molar-refractivity contribution in [3.63, 3.8) is 0 Å². The van der Waals surface area contributed by atoms with Crippen molar-refractivity contribution in [3.05, 3.63) is 0 Å². The van der Waals surface area contributed by atoms with Gasteiger partial charge in [-0.3, -0.25) is 19.2 Å². The van der Waals surface area contributed by atoms with Crippen molar-refractivity contribution in [2.24, 2.45) is 0 Å². The summed E-state index contributed by atoms with van der Waals surface area (Å²) in [6, 6.07) is -0.569. The van der Waals surface area contributed by atoms with Crippen LogP contribution in [0, 0.1) is 0 Å². The number of nitrogens with one attached hydrogen (secondary N) is 4. The Morgan fingerprint density at radius 2 is 1.33 bits per heavy atom. The van der Waals surface area contributed by atoms with Crippen molar-refractivity contribution in [1.82, 2.24) is 21.4 Å². The lowest BCUT2D eigenvalue weighted by atomic mass is 10.1. The Morgan fingerprint density at radius 3 is 1.88 bits per heavy atom.